The maximum atomic E-state index is 13.7. The van der Waals surface area contributed by atoms with Crippen molar-refractivity contribution >= 4 is 11.8 Å². The van der Waals surface area contributed by atoms with Crippen molar-refractivity contribution in [2.45, 2.75) is 70.0 Å². The maximum absolute atomic E-state index is 13.7. The normalized spacial score (nSPS) is 25.0. The third-order valence-electron chi connectivity index (χ3n) is 8.15. The van der Waals surface area contributed by atoms with Gasteiger partial charge in [0, 0.05) is 24.2 Å². The zero-order valence-electron chi connectivity index (χ0n) is 23.2. The summed E-state index contributed by atoms with van der Waals surface area (Å²) in [5, 5.41) is 9.79. The van der Waals surface area contributed by atoms with Crippen molar-refractivity contribution in [1.82, 2.24) is 4.90 Å². The first kappa shape index (κ1) is 31.8. The third kappa shape index (κ3) is 5.62. The summed E-state index contributed by atoms with van der Waals surface area (Å²) in [5.74, 6) is -0.822. The number of carbonyl (C=O) groups excluding carboxylic acids is 2. The summed E-state index contributed by atoms with van der Waals surface area (Å²) >= 11 is 0. The van der Waals surface area contributed by atoms with Gasteiger partial charge in [0.15, 0.2) is 0 Å². The fourth-order valence-corrected chi connectivity index (χ4v) is 5.73. The number of rotatable bonds is 9. The van der Waals surface area contributed by atoms with Gasteiger partial charge in [0.2, 0.25) is 5.91 Å². The van der Waals surface area contributed by atoms with Crippen molar-refractivity contribution in [3.8, 4) is 5.75 Å². The smallest absolute Gasteiger partial charge is 0.430 e. The molecule has 12 heteroatoms. The molecule has 6 nitrogen and oxygen atoms in total. The number of amides is 2. The Labute approximate surface area is 239 Å². The lowest BCUT2D eigenvalue weighted by Crippen LogP contribution is -2.54. The van der Waals surface area contributed by atoms with Gasteiger partial charge in [-0.15, -0.1) is 0 Å². The number of halogens is 6. The predicted octanol–water partition coefficient (Wildman–Crippen LogP) is 5.94. The fourth-order valence-electron chi connectivity index (χ4n) is 5.73. The first-order valence-corrected chi connectivity index (χ1v) is 13.9. The van der Waals surface area contributed by atoms with Crippen LogP contribution >= 0.6 is 0 Å². The Morgan fingerprint density at radius 3 is 2.45 bits per heavy atom. The summed E-state index contributed by atoms with van der Waals surface area (Å²) < 4.78 is 92.0. The van der Waals surface area contributed by atoms with Crippen LogP contribution in [0.4, 0.5) is 26.3 Å². The van der Waals surface area contributed by atoms with Crippen LogP contribution in [-0.2, 0) is 26.3 Å². The fraction of sp³-hybridized carbons (Fsp3) is 0.533. The van der Waals surface area contributed by atoms with Crippen molar-refractivity contribution in [3.63, 3.8) is 0 Å². The average Bonchev–Trinajstić information content (AvgIpc) is 2.94. The van der Waals surface area contributed by atoms with E-state index in [2.05, 4.69) is 0 Å². The molecule has 3 aliphatic rings. The van der Waals surface area contributed by atoms with Gasteiger partial charge in [0.25, 0.3) is 11.5 Å². The van der Waals surface area contributed by atoms with Crippen LogP contribution in [0.1, 0.15) is 50.7 Å². The van der Waals surface area contributed by atoms with E-state index in [0.29, 0.717) is 31.6 Å². The Bertz CT molecular complexity index is 1270. The standard InChI is InChI=1S/C30H33F6NO5/c1-3-6-20-17-22(28(40,29(31,32)33)30(34,35)36)10-11-23(20)42-16-14-37-25(38)12-13-27(4-2,26(37)39)21-9-8-19-7-5-15-41-24(19)18-21/h8-13,17-19,24,40H,3-7,14-16H2,1-2H3. The van der Waals surface area contributed by atoms with E-state index >= 15 is 0 Å². The molecule has 2 heterocycles. The second-order valence-corrected chi connectivity index (χ2v) is 10.7. The number of imide groups is 1. The van der Waals surface area contributed by atoms with Crippen molar-refractivity contribution in [1.29, 1.82) is 0 Å². The van der Waals surface area contributed by atoms with E-state index < -0.39 is 40.7 Å². The first-order chi connectivity index (χ1) is 19.7. The second-order valence-electron chi connectivity index (χ2n) is 10.7. The van der Waals surface area contributed by atoms with Gasteiger partial charge in [0.1, 0.15) is 12.4 Å². The van der Waals surface area contributed by atoms with Crippen LogP contribution in [0, 0.1) is 11.3 Å². The van der Waals surface area contributed by atoms with Crippen molar-refractivity contribution in [2.75, 3.05) is 19.8 Å². The first-order valence-electron chi connectivity index (χ1n) is 13.9. The van der Waals surface area contributed by atoms with E-state index in [4.69, 9.17) is 9.47 Å². The van der Waals surface area contributed by atoms with Crippen LogP contribution < -0.4 is 4.74 Å². The van der Waals surface area contributed by atoms with E-state index in [1.165, 1.54) is 6.08 Å². The molecule has 4 rings (SSSR count). The van der Waals surface area contributed by atoms with Gasteiger partial charge in [-0.3, -0.25) is 14.5 Å². The molecule has 1 aromatic carbocycles. The van der Waals surface area contributed by atoms with Crippen LogP contribution in [0.25, 0.3) is 0 Å². The number of nitrogens with zero attached hydrogens (tertiary/aromatic N) is 1. The highest BCUT2D eigenvalue weighted by atomic mass is 19.4. The molecule has 1 saturated heterocycles. The van der Waals surface area contributed by atoms with E-state index in [9.17, 15) is 41.0 Å². The minimum absolute atomic E-state index is 0.0140. The molecule has 230 valence electrons. The summed E-state index contributed by atoms with van der Waals surface area (Å²) in [7, 11) is 0. The summed E-state index contributed by atoms with van der Waals surface area (Å²) in [6, 6.07) is 2.07. The molecule has 0 saturated carbocycles. The zero-order valence-corrected chi connectivity index (χ0v) is 23.2. The van der Waals surface area contributed by atoms with E-state index in [1.807, 2.05) is 25.2 Å². The molecule has 3 unspecified atom stereocenters. The van der Waals surface area contributed by atoms with Gasteiger partial charge < -0.3 is 14.6 Å². The van der Waals surface area contributed by atoms with Crippen molar-refractivity contribution in [3.05, 3.63) is 65.3 Å². The lowest BCUT2D eigenvalue weighted by Gasteiger charge is -2.40. The molecular formula is C30H33F6NO5. The Kier molecular flexibility index (Phi) is 8.99. The Morgan fingerprint density at radius 1 is 1.10 bits per heavy atom. The predicted molar refractivity (Wildman–Crippen MR) is 140 cm³/mol. The van der Waals surface area contributed by atoms with Gasteiger partial charge in [-0.05, 0) is 49.0 Å². The highest BCUT2D eigenvalue weighted by Crippen LogP contribution is 2.50. The number of aliphatic hydroxyl groups is 1. The summed E-state index contributed by atoms with van der Waals surface area (Å²) in [6.07, 6.45) is -0.722. The molecule has 0 spiro atoms. The summed E-state index contributed by atoms with van der Waals surface area (Å²) in [5.41, 5.74) is -6.81. The quantitative estimate of drug-likeness (QED) is 0.280. The molecule has 0 radical (unpaired) electrons. The highest BCUT2D eigenvalue weighted by molar-refractivity contribution is 6.08. The second kappa shape index (κ2) is 11.9. The lowest BCUT2D eigenvalue weighted by molar-refractivity contribution is -0.376. The van der Waals surface area contributed by atoms with Gasteiger partial charge in [-0.2, -0.15) is 26.3 Å². The van der Waals surface area contributed by atoms with Crippen LogP contribution in [0.3, 0.4) is 0 Å². The molecule has 3 atom stereocenters. The molecule has 1 N–H and O–H groups in total. The monoisotopic (exact) mass is 601 g/mol. The molecule has 2 aliphatic heterocycles. The molecule has 1 aliphatic carbocycles. The number of carbonyl (C=O) groups is 2. The molecular weight excluding hydrogens is 568 g/mol. The number of allylic oxidation sites excluding steroid dienone is 1. The topological polar surface area (TPSA) is 76.1 Å². The number of hydrogen-bond donors (Lipinski definition) is 1. The average molecular weight is 602 g/mol. The van der Waals surface area contributed by atoms with Crippen molar-refractivity contribution < 1.29 is 50.5 Å². The summed E-state index contributed by atoms with van der Waals surface area (Å²) in [4.78, 5) is 27.5. The van der Waals surface area contributed by atoms with Crippen LogP contribution in [0.2, 0.25) is 0 Å². The van der Waals surface area contributed by atoms with Gasteiger partial charge in [0.05, 0.1) is 18.1 Å². The number of aryl methyl sites for hydroxylation is 1. The number of alkyl halides is 6. The highest BCUT2D eigenvalue weighted by Gasteiger charge is 2.71. The zero-order chi connectivity index (χ0) is 30.9. The molecule has 1 aromatic rings. The molecule has 42 heavy (non-hydrogen) atoms. The number of benzene rings is 1. The minimum Gasteiger partial charge on any atom is -0.491 e. The SMILES string of the molecule is CCCc1cc(C(O)(C(F)(F)F)C(F)(F)F)ccc1OCCN1C(=O)C=CC(CC)(C2=CC3OCCCC3C=C2)C1=O. The van der Waals surface area contributed by atoms with Crippen molar-refractivity contribution in [2.24, 2.45) is 11.3 Å². The van der Waals surface area contributed by atoms with Gasteiger partial charge in [-0.1, -0.05) is 50.6 Å². The van der Waals surface area contributed by atoms with E-state index in [-0.39, 0.29) is 42.9 Å². The molecule has 2 amide bonds. The van der Waals surface area contributed by atoms with Crippen LogP contribution in [0.5, 0.6) is 5.75 Å². The largest absolute Gasteiger partial charge is 0.491 e. The number of hydrogen-bond acceptors (Lipinski definition) is 5. The maximum Gasteiger partial charge on any atom is 0.430 e. The van der Waals surface area contributed by atoms with E-state index in [0.717, 1.165) is 29.4 Å². The minimum atomic E-state index is -6.02. The van der Waals surface area contributed by atoms with Gasteiger partial charge >= 0.3 is 12.4 Å². The Balaban J connectivity index is 1.54. The lowest BCUT2D eigenvalue weighted by atomic mass is 9.71. The Morgan fingerprint density at radius 2 is 1.81 bits per heavy atom. The molecule has 0 bridgehead atoms. The van der Waals surface area contributed by atoms with Crippen LogP contribution in [0.15, 0.2) is 54.2 Å². The molecule has 1 fully saturated rings. The summed E-state index contributed by atoms with van der Waals surface area (Å²) in [6.45, 7) is 3.67. The van der Waals surface area contributed by atoms with Gasteiger partial charge in [-0.25, -0.2) is 0 Å². The molecule has 0 aromatic heterocycles. The third-order valence-corrected chi connectivity index (χ3v) is 8.15. The number of fused-ring (bicyclic) bond motifs is 1. The van der Waals surface area contributed by atoms with E-state index in [1.54, 1.807) is 13.0 Å². The van der Waals surface area contributed by atoms with Crippen LogP contribution in [-0.4, -0.2) is 60.0 Å². The number of ether oxygens (including phenoxy) is 2. The Hall–Kier alpha value is -3.12.